The first-order chi connectivity index (χ1) is 12.3. The van der Waals surface area contributed by atoms with Crippen molar-refractivity contribution < 1.29 is 5.11 Å². The molecule has 0 unspecified atom stereocenters. The molecule has 1 aromatic carbocycles. The van der Waals surface area contributed by atoms with Gasteiger partial charge in [0, 0.05) is 37.8 Å². The first-order valence-electron chi connectivity index (χ1n) is 8.95. The van der Waals surface area contributed by atoms with Crippen LogP contribution in [0.4, 0.5) is 11.6 Å². The summed E-state index contributed by atoms with van der Waals surface area (Å²) in [7, 11) is 0. The minimum absolute atomic E-state index is 0. The van der Waals surface area contributed by atoms with E-state index in [-0.39, 0.29) is 12.4 Å². The molecule has 3 aromatic rings. The number of hydrogen-bond donors (Lipinski definition) is 3. The van der Waals surface area contributed by atoms with Crippen LogP contribution in [0.15, 0.2) is 48.7 Å². The summed E-state index contributed by atoms with van der Waals surface area (Å²) < 4.78 is 0. The number of fused-ring (bicyclic) bond motifs is 1. The molecule has 6 heteroatoms. The Bertz CT molecular complexity index is 828. The molecule has 1 saturated heterocycles. The Kier molecular flexibility index (Phi) is 6.01. The molecule has 0 bridgehead atoms. The van der Waals surface area contributed by atoms with Crippen LogP contribution >= 0.6 is 12.4 Å². The monoisotopic (exact) mass is 372 g/mol. The summed E-state index contributed by atoms with van der Waals surface area (Å²) in [5.41, 5.74) is 2.28. The average molecular weight is 373 g/mol. The molecule has 138 valence electrons. The summed E-state index contributed by atoms with van der Waals surface area (Å²) in [6.45, 7) is 2.94. The van der Waals surface area contributed by atoms with Crippen LogP contribution in [0.5, 0.6) is 0 Å². The van der Waals surface area contributed by atoms with Crippen molar-refractivity contribution >= 4 is 34.9 Å². The second-order valence-corrected chi connectivity index (χ2v) is 6.72. The van der Waals surface area contributed by atoms with Crippen LogP contribution in [0.3, 0.4) is 0 Å². The molecule has 1 aliphatic heterocycles. The molecule has 2 aromatic heterocycles. The molecule has 3 heterocycles. The predicted octanol–water partition coefficient (Wildman–Crippen LogP) is 3.81. The molecule has 0 atom stereocenters. The maximum atomic E-state index is 9.34. The van der Waals surface area contributed by atoms with Crippen molar-refractivity contribution in [1.29, 1.82) is 0 Å². The second-order valence-electron chi connectivity index (χ2n) is 6.72. The van der Waals surface area contributed by atoms with Crippen LogP contribution in [0.1, 0.15) is 18.4 Å². The smallest absolute Gasteiger partial charge is 0.153 e. The van der Waals surface area contributed by atoms with E-state index in [1.165, 1.54) is 10.9 Å². The topological polar surface area (TPSA) is 64.2 Å². The van der Waals surface area contributed by atoms with Gasteiger partial charge in [-0.1, -0.05) is 30.3 Å². The van der Waals surface area contributed by atoms with Crippen molar-refractivity contribution in [2.75, 3.05) is 29.9 Å². The van der Waals surface area contributed by atoms with Gasteiger partial charge in [-0.3, -0.25) is 0 Å². The molecule has 4 rings (SSSR count). The molecule has 0 radical (unpaired) electrons. The van der Waals surface area contributed by atoms with Crippen LogP contribution in [0.25, 0.3) is 10.9 Å². The molecule has 1 fully saturated rings. The van der Waals surface area contributed by atoms with Crippen molar-refractivity contribution in [1.82, 2.24) is 9.97 Å². The summed E-state index contributed by atoms with van der Waals surface area (Å²) in [6.07, 6.45) is 4.01. The minimum Gasteiger partial charge on any atom is -0.396 e. The summed E-state index contributed by atoms with van der Waals surface area (Å²) in [4.78, 5) is 10.5. The van der Waals surface area contributed by atoms with Crippen LogP contribution < -0.4 is 10.2 Å². The molecule has 0 saturated carbocycles. The van der Waals surface area contributed by atoms with Gasteiger partial charge in [0.25, 0.3) is 0 Å². The Balaban J connectivity index is 0.00000196. The van der Waals surface area contributed by atoms with Gasteiger partial charge >= 0.3 is 0 Å². The van der Waals surface area contributed by atoms with E-state index in [9.17, 15) is 5.11 Å². The van der Waals surface area contributed by atoms with Gasteiger partial charge in [0.15, 0.2) is 5.82 Å². The Hall–Kier alpha value is -2.24. The maximum Gasteiger partial charge on any atom is 0.153 e. The Morgan fingerprint density at radius 1 is 1.15 bits per heavy atom. The number of aliphatic hydroxyl groups excluding tert-OH is 1. The lowest BCUT2D eigenvalue weighted by Crippen LogP contribution is -2.35. The second kappa shape index (κ2) is 8.43. The van der Waals surface area contributed by atoms with Crippen molar-refractivity contribution in [3.8, 4) is 0 Å². The average Bonchev–Trinajstić information content (AvgIpc) is 3.16. The fourth-order valence-corrected chi connectivity index (χ4v) is 3.46. The molecule has 5 nitrogen and oxygen atoms in total. The predicted molar refractivity (Wildman–Crippen MR) is 109 cm³/mol. The number of pyridine rings is 1. The SMILES string of the molecule is Cl.OCC1CCN(c2cc3cc[nH]c3c(NCc3ccccc3)n2)CC1. The number of anilines is 2. The molecular weight excluding hydrogens is 348 g/mol. The number of aliphatic hydroxyl groups is 1. The quantitative estimate of drug-likeness (QED) is 0.637. The van der Waals surface area contributed by atoms with Gasteiger partial charge in [-0.2, -0.15) is 0 Å². The standard InChI is InChI=1S/C20H24N4O.ClH/c25-14-16-7-10-24(11-8-16)18-12-17-6-9-21-19(17)20(23-18)22-13-15-4-2-1-3-5-15;/h1-6,9,12,16,21,25H,7-8,10-11,13-14H2,(H,22,23);1H. The summed E-state index contributed by atoms with van der Waals surface area (Å²) in [6, 6.07) is 14.6. The normalized spacial score (nSPS) is 15.0. The molecular formula is C20H25ClN4O. The van der Waals surface area contributed by atoms with Crippen LogP contribution in [0, 0.1) is 5.92 Å². The van der Waals surface area contributed by atoms with E-state index in [0.717, 1.165) is 49.6 Å². The number of rotatable bonds is 5. The fourth-order valence-electron chi connectivity index (χ4n) is 3.46. The molecule has 0 aliphatic carbocycles. The van der Waals surface area contributed by atoms with Crippen LogP contribution in [-0.2, 0) is 6.54 Å². The van der Waals surface area contributed by atoms with Gasteiger partial charge in [-0.15, -0.1) is 12.4 Å². The highest BCUT2D eigenvalue weighted by atomic mass is 35.5. The third kappa shape index (κ3) is 3.94. The number of hydrogen-bond acceptors (Lipinski definition) is 4. The number of aromatic amines is 1. The first kappa shape index (κ1) is 18.5. The lowest BCUT2D eigenvalue weighted by molar-refractivity contribution is 0.203. The van der Waals surface area contributed by atoms with E-state index < -0.39 is 0 Å². The van der Waals surface area contributed by atoms with Crippen molar-refractivity contribution in [3.05, 3.63) is 54.2 Å². The Morgan fingerprint density at radius 2 is 1.92 bits per heavy atom. The lowest BCUT2D eigenvalue weighted by Gasteiger charge is -2.32. The van der Waals surface area contributed by atoms with Crippen LogP contribution in [-0.4, -0.2) is 34.8 Å². The highest BCUT2D eigenvalue weighted by Gasteiger charge is 2.20. The number of H-pyrrole nitrogens is 1. The van der Waals surface area contributed by atoms with Crippen molar-refractivity contribution in [3.63, 3.8) is 0 Å². The van der Waals surface area contributed by atoms with Gasteiger partial charge in [-0.05, 0) is 36.5 Å². The van der Waals surface area contributed by atoms with E-state index in [1.54, 1.807) is 0 Å². The van der Waals surface area contributed by atoms with E-state index in [0.29, 0.717) is 12.5 Å². The zero-order valence-electron chi connectivity index (χ0n) is 14.7. The number of halogens is 1. The molecule has 3 N–H and O–H groups in total. The molecule has 0 amide bonds. The lowest BCUT2D eigenvalue weighted by atomic mass is 9.98. The largest absolute Gasteiger partial charge is 0.396 e. The van der Waals surface area contributed by atoms with Gasteiger partial charge in [0.05, 0.1) is 5.52 Å². The Morgan fingerprint density at radius 3 is 2.65 bits per heavy atom. The minimum atomic E-state index is 0. The number of nitrogens with one attached hydrogen (secondary N) is 2. The highest BCUT2D eigenvalue weighted by molar-refractivity contribution is 5.91. The molecule has 1 aliphatic rings. The number of piperidine rings is 1. The van der Waals surface area contributed by atoms with E-state index in [4.69, 9.17) is 4.98 Å². The highest BCUT2D eigenvalue weighted by Crippen LogP contribution is 2.28. The first-order valence-corrected chi connectivity index (χ1v) is 8.95. The summed E-state index contributed by atoms with van der Waals surface area (Å²) in [5.74, 6) is 2.34. The van der Waals surface area contributed by atoms with E-state index in [1.807, 2.05) is 12.3 Å². The summed E-state index contributed by atoms with van der Waals surface area (Å²) >= 11 is 0. The number of nitrogens with zero attached hydrogens (tertiary/aromatic N) is 2. The van der Waals surface area contributed by atoms with Crippen molar-refractivity contribution in [2.24, 2.45) is 5.92 Å². The third-order valence-corrected chi connectivity index (χ3v) is 5.03. The molecule has 26 heavy (non-hydrogen) atoms. The number of aromatic nitrogens is 2. The molecule has 0 spiro atoms. The summed E-state index contributed by atoms with van der Waals surface area (Å²) in [5, 5.41) is 14.0. The zero-order valence-corrected chi connectivity index (χ0v) is 15.5. The Labute approximate surface area is 159 Å². The maximum absolute atomic E-state index is 9.34. The van der Waals surface area contributed by atoms with E-state index >= 15 is 0 Å². The zero-order chi connectivity index (χ0) is 17.1. The van der Waals surface area contributed by atoms with Gasteiger partial charge in [0.2, 0.25) is 0 Å². The van der Waals surface area contributed by atoms with Crippen LogP contribution in [0.2, 0.25) is 0 Å². The van der Waals surface area contributed by atoms with E-state index in [2.05, 4.69) is 51.6 Å². The van der Waals surface area contributed by atoms with Gasteiger partial charge in [-0.25, -0.2) is 4.98 Å². The van der Waals surface area contributed by atoms with Crippen molar-refractivity contribution in [2.45, 2.75) is 19.4 Å². The van der Waals surface area contributed by atoms with Gasteiger partial charge in [0.1, 0.15) is 5.82 Å². The number of benzene rings is 1. The third-order valence-electron chi connectivity index (χ3n) is 5.03. The van der Waals surface area contributed by atoms with Gasteiger partial charge < -0.3 is 20.3 Å². The fraction of sp³-hybridized carbons (Fsp3) is 0.350.